The first-order chi connectivity index (χ1) is 17.9. The van der Waals surface area contributed by atoms with Crippen LogP contribution in [0.25, 0.3) is 11.4 Å². The van der Waals surface area contributed by atoms with Crippen molar-refractivity contribution in [2.24, 2.45) is 0 Å². The van der Waals surface area contributed by atoms with E-state index in [1.807, 2.05) is 6.07 Å². The smallest absolute Gasteiger partial charge is 0.354 e. The van der Waals surface area contributed by atoms with E-state index in [0.29, 0.717) is 0 Å². The van der Waals surface area contributed by atoms with E-state index >= 15 is 0 Å². The van der Waals surface area contributed by atoms with Crippen molar-refractivity contribution in [2.45, 2.75) is 90.9 Å². The van der Waals surface area contributed by atoms with Crippen LogP contribution in [0.1, 0.15) is 99.7 Å². The van der Waals surface area contributed by atoms with Crippen LogP contribution < -0.4 is 0 Å². The number of aromatic nitrogens is 3. The van der Waals surface area contributed by atoms with Crippen molar-refractivity contribution in [2.75, 3.05) is 0 Å². The zero-order valence-corrected chi connectivity index (χ0v) is 24.7. The van der Waals surface area contributed by atoms with Gasteiger partial charge in [0, 0.05) is 50.3 Å². The molecule has 2 aromatic heterocycles. The van der Waals surface area contributed by atoms with E-state index in [4.69, 9.17) is 5.11 Å². The predicted octanol–water partition coefficient (Wildman–Crippen LogP) is 8.03. The fourth-order valence-electron chi connectivity index (χ4n) is 3.77. The molecule has 209 valence electrons. The number of nitrogens with zero attached hydrogens (tertiary/aromatic N) is 3. The van der Waals surface area contributed by atoms with Crippen molar-refractivity contribution in [3.63, 3.8) is 0 Å². The van der Waals surface area contributed by atoms with Gasteiger partial charge in [-0.2, -0.15) is 0 Å². The molecule has 2 heterocycles. The van der Waals surface area contributed by atoms with Gasteiger partial charge in [-0.3, -0.25) is 18.7 Å². The SMILES string of the molecule is CCCCCCCCCCc1cnc(-c2[c-]cc(F)cc2F)nc1.CCCCc1ccc(C(=O)O)nc1.[Ir]. The van der Waals surface area contributed by atoms with Crippen molar-refractivity contribution < 1.29 is 38.8 Å². The van der Waals surface area contributed by atoms with Gasteiger partial charge in [-0.1, -0.05) is 82.9 Å². The van der Waals surface area contributed by atoms with Gasteiger partial charge in [0.15, 0.2) is 0 Å². The maximum atomic E-state index is 13.7. The molecule has 0 unspecified atom stereocenters. The average Bonchev–Trinajstić information content (AvgIpc) is 2.90. The number of carbonyl (C=O) groups is 1. The fourth-order valence-corrected chi connectivity index (χ4v) is 3.77. The van der Waals surface area contributed by atoms with E-state index in [9.17, 15) is 13.6 Å². The molecule has 0 aliphatic rings. The minimum atomic E-state index is -0.970. The summed E-state index contributed by atoms with van der Waals surface area (Å²) in [6.45, 7) is 4.36. The number of benzene rings is 1. The Labute approximate surface area is 238 Å². The van der Waals surface area contributed by atoms with Gasteiger partial charge in [0.1, 0.15) is 5.69 Å². The summed E-state index contributed by atoms with van der Waals surface area (Å²) in [7, 11) is 0. The van der Waals surface area contributed by atoms with Crippen LogP contribution in [0.2, 0.25) is 0 Å². The molecule has 38 heavy (non-hydrogen) atoms. The molecule has 3 rings (SSSR count). The molecule has 1 N–H and O–H groups in total. The summed E-state index contributed by atoms with van der Waals surface area (Å²) >= 11 is 0. The van der Waals surface area contributed by atoms with Crippen LogP contribution in [0, 0.1) is 17.7 Å². The van der Waals surface area contributed by atoms with Crippen LogP contribution >= 0.6 is 0 Å². The zero-order chi connectivity index (χ0) is 26.9. The molecular formula is C30H38F2IrN3O2-. The van der Waals surface area contributed by atoms with Gasteiger partial charge in [0.05, 0.1) is 5.82 Å². The number of carboxylic acid groups (broad SMARTS) is 1. The molecule has 1 aromatic carbocycles. The number of halogens is 2. The third kappa shape index (κ3) is 12.8. The van der Waals surface area contributed by atoms with Crippen molar-refractivity contribution in [3.05, 3.63) is 77.4 Å². The topological polar surface area (TPSA) is 76.0 Å². The summed E-state index contributed by atoms with van der Waals surface area (Å²) in [6, 6.07) is 7.84. The fraction of sp³-hybridized carbons (Fsp3) is 0.467. The average molecular weight is 703 g/mol. The Morgan fingerprint density at radius 3 is 1.95 bits per heavy atom. The Hall–Kier alpha value is -2.57. The molecule has 3 aromatic rings. The number of hydrogen-bond donors (Lipinski definition) is 1. The summed E-state index contributed by atoms with van der Waals surface area (Å²) in [5.74, 6) is -2.07. The van der Waals surface area contributed by atoms with Crippen molar-refractivity contribution >= 4 is 5.97 Å². The number of hydrogen-bond acceptors (Lipinski definition) is 4. The first-order valence-electron chi connectivity index (χ1n) is 13.3. The second-order valence-electron chi connectivity index (χ2n) is 9.14. The molecule has 0 aliphatic heterocycles. The second kappa shape index (κ2) is 19.5. The van der Waals surface area contributed by atoms with Crippen LogP contribution in [0.4, 0.5) is 8.78 Å². The van der Waals surface area contributed by atoms with Gasteiger partial charge in [-0.15, -0.1) is 12.1 Å². The maximum Gasteiger partial charge on any atom is 0.354 e. The Bertz CT molecular complexity index is 1060. The van der Waals surface area contributed by atoms with E-state index < -0.39 is 17.6 Å². The third-order valence-corrected chi connectivity index (χ3v) is 5.97. The van der Waals surface area contributed by atoms with E-state index in [2.05, 4.69) is 34.9 Å². The molecule has 8 heteroatoms. The number of aromatic carboxylic acids is 1. The number of aryl methyl sites for hydroxylation is 2. The second-order valence-corrected chi connectivity index (χ2v) is 9.14. The van der Waals surface area contributed by atoms with E-state index in [1.165, 1.54) is 44.9 Å². The molecule has 0 atom stereocenters. The maximum absolute atomic E-state index is 13.7. The van der Waals surface area contributed by atoms with Gasteiger partial charge >= 0.3 is 5.97 Å². The molecule has 0 fully saturated rings. The molecule has 5 nitrogen and oxygen atoms in total. The number of rotatable bonds is 14. The Balaban J connectivity index is 0.000000438. The van der Waals surface area contributed by atoms with Crippen molar-refractivity contribution in [1.82, 2.24) is 15.0 Å². The zero-order valence-electron chi connectivity index (χ0n) is 22.3. The summed E-state index contributed by atoms with van der Waals surface area (Å²) in [5.41, 5.74) is 2.37. The molecular weight excluding hydrogens is 665 g/mol. The number of pyridine rings is 1. The molecule has 0 amide bonds. The van der Waals surface area contributed by atoms with Crippen LogP contribution in [0.5, 0.6) is 0 Å². The molecule has 0 spiro atoms. The van der Waals surface area contributed by atoms with Crippen LogP contribution in [0.3, 0.4) is 0 Å². The Kier molecular flexibility index (Phi) is 17.2. The van der Waals surface area contributed by atoms with Gasteiger partial charge in [0.2, 0.25) is 0 Å². The molecule has 0 aliphatic carbocycles. The predicted molar refractivity (Wildman–Crippen MR) is 142 cm³/mol. The Morgan fingerprint density at radius 1 is 0.816 bits per heavy atom. The van der Waals surface area contributed by atoms with Crippen LogP contribution in [-0.2, 0) is 32.9 Å². The normalized spacial score (nSPS) is 10.3. The standard InChI is InChI=1S/C20H25F2N2.C10H13NO2.Ir/c1-2-3-4-5-6-7-8-9-10-16-14-23-20(24-15-16)18-12-11-17(21)13-19(18)22;1-2-3-4-8-5-6-9(10(12)13)11-7-8;/h11,13-15H,2-10H2,1H3;5-7H,2-4H2,1H3,(H,12,13);/q-1;;. The van der Waals surface area contributed by atoms with Gasteiger partial charge < -0.3 is 5.11 Å². The third-order valence-electron chi connectivity index (χ3n) is 5.97. The van der Waals surface area contributed by atoms with Crippen LogP contribution in [-0.4, -0.2) is 26.0 Å². The number of carboxylic acids is 1. The summed E-state index contributed by atoms with van der Waals surface area (Å²) in [4.78, 5) is 22.7. The quantitative estimate of drug-likeness (QED) is 0.136. The van der Waals surface area contributed by atoms with Gasteiger partial charge in [-0.05, 0) is 42.9 Å². The van der Waals surface area contributed by atoms with Crippen LogP contribution in [0.15, 0.2) is 42.9 Å². The molecule has 0 saturated heterocycles. The largest absolute Gasteiger partial charge is 0.477 e. The van der Waals surface area contributed by atoms with E-state index in [0.717, 1.165) is 55.4 Å². The monoisotopic (exact) mass is 703 g/mol. The van der Waals surface area contributed by atoms with Gasteiger partial charge in [0.25, 0.3) is 0 Å². The summed E-state index contributed by atoms with van der Waals surface area (Å²) in [6.07, 6.45) is 19.5. The molecule has 0 saturated carbocycles. The van der Waals surface area contributed by atoms with Gasteiger partial charge in [-0.25, -0.2) is 9.78 Å². The Morgan fingerprint density at radius 2 is 1.39 bits per heavy atom. The van der Waals surface area contributed by atoms with E-state index in [1.54, 1.807) is 24.7 Å². The summed E-state index contributed by atoms with van der Waals surface area (Å²) < 4.78 is 26.6. The first-order valence-corrected chi connectivity index (χ1v) is 13.3. The number of unbranched alkanes of at least 4 members (excludes halogenated alkanes) is 8. The molecule has 0 bridgehead atoms. The first kappa shape index (κ1) is 33.5. The minimum absolute atomic E-state index is 0. The minimum Gasteiger partial charge on any atom is -0.477 e. The molecule has 1 radical (unpaired) electrons. The summed E-state index contributed by atoms with van der Waals surface area (Å²) in [5, 5.41) is 8.59. The van der Waals surface area contributed by atoms with Crippen molar-refractivity contribution in [3.8, 4) is 11.4 Å². The van der Waals surface area contributed by atoms with Crippen molar-refractivity contribution in [1.29, 1.82) is 0 Å². The van der Waals surface area contributed by atoms with E-state index in [-0.39, 0.29) is 37.2 Å².